The van der Waals surface area contributed by atoms with E-state index in [-0.39, 0.29) is 24.8 Å². The van der Waals surface area contributed by atoms with Gasteiger partial charge in [0.25, 0.3) is 0 Å². The molecule has 30 heavy (non-hydrogen) atoms. The van der Waals surface area contributed by atoms with Gasteiger partial charge in [0.1, 0.15) is 12.2 Å². The lowest BCUT2D eigenvalue weighted by molar-refractivity contribution is -0.169. The van der Waals surface area contributed by atoms with Crippen LogP contribution in [0.4, 0.5) is 4.79 Å². The number of alkyl carbamates (subject to hydrolysis) is 1. The van der Waals surface area contributed by atoms with Crippen molar-refractivity contribution in [2.75, 3.05) is 13.2 Å². The van der Waals surface area contributed by atoms with Crippen molar-refractivity contribution in [1.82, 2.24) is 5.32 Å². The Hall–Kier alpha value is -1.52. The number of nitrogens with one attached hydrogen (secondary N) is 1. The largest absolute Gasteiger partial charge is 0.460 e. The molecule has 5 unspecified atom stereocenters. The minimum atomic E-state index is -0.427. The molecule has 0 aliphatic heterocycles. The zero-order valence-corrected chi connectivity index (χ0v) is 19.2. The van der Waals surface area contributed by atoms with Crippen molar-refractivity contribution >= 4 is 12.1 Å². The van der Waals surface area contributed by atoms with E-state index in [1.807, 2.05) is 0 Å². The molecule has 0 aromatic carbocycles. The number of ether oxygens (including phenoxy) is 2. The molecule has 0 heterocycles. The van der Waals surface area contributed by atoms with Gasteiger partial charge < -0.3 is 14.8 Å². The maximum Gasteiger partial charge on any atom is 0.407 e. The van der Waals surface area contributed by atoms with Gasteiger partial charge in [-0.25, -0.2) is 9.59 Å². The molecule has 2 bridgehead atoms. The van der Waals surface area contributed by atoms with Gasteiger partial charge in [-0.1, -0.05) is 46.1 Å². The van der Waals surface area contributed by atoms with Crippen LogP contribution in [0.25, 0.3) is 0 Å². The minimum absolute atomic E-state index is 0.135. The molecular weight excluding hydrogens is 378 g/mol. The first-order chi connectivity index (χ1) is 14.4. The molecule has 5 atom stereocenters. The lowest BCUT2D eigenvalue weighted by atomic mass is 9.52. The molecule has 3 fully saturated rings. The number of fused-ring (bicyclic) bond motifs is 2. The van der Waals surface area contributed by atoms with Gasteiger partial charge in [0.05, 0.1) is 6.54 Å². The van der Waals surface area contributed by atoms with Crippen LogP contribution >= 0.6 is 0 Å². The highest BCUT2D eigenvalue weighted by Gasteiger charge is 2.57. The molecule has 170 valence electrons. The molecule has 0 saturated heterocycles. The fourth-order valence-electron chi connectivity index (χ4n) is 6.72. The van der Waals surface area contributed by atoms with Crippen molar-refractivity contribution in [1.29, 1.82) is 0 Å². The number of amides is 1. The molecule has 0 radical (unpaired) electrons. The molecule has 3 aliphatic carbocycles. The maximum atomic E-state index is 12.9. The quantitative estimate of drug-likeness (QED) is 0.330. The number of esters is 1. The summed E-state index contributed by atoms with van der Waals surface area (Å²) in [5.41, 5.74) is 0.0191. The summed E-state index contributed by atoms with van der Waals surface area (Å²) < 4.78 is 11.5. The van der Waals surface area contributed by atoms with Crippen LogP contribution in [0.1, 0.15) is 85.0 Å². The SMILES string of the molecule is C=C(C)C(=O)OCCNC(=O)OC1(C2CCCCC2)C(C)CC2CC(CC)CC1C2. The highest BCUT2D eigenvalue weighted by molar-refractivity contribution is 5.86. The topological polar surface area (TPSA) is 64.6 Å². The maximum absolute atomic E-state index is 12.9. The van der Waals surface area contributed by atoms with Gasteiger partial charge in [0.15, 0.2) is 0 Å². The van der Waals surface area contributed by atoms with E-state index < -0.39 is 5.97 Å². The monoisotopic (exact) mass is 419 g/mol. The fourth-order valence-corrected chi connectivity index (χ4v) is 6.72. The normalized spacial score (nSPS) is 34.1. The van der Waals surface area contributed by atoms with E-state index in [0.717, 1.165) is 11.8 Å². The zero-order chi connectivity index (χ0) is 21.7. The third kappa shape index (κ3) is 5.03. The number of carbonyl (C=O) groups excluding carboxylic acids is 2. The Balaban J connectivity index is 1.70. The van der Waals surface area contributed by atoms with Crippen molar-refractivity contribution in [2.24, 2.45) is 29.6 Å². The standard InChI is InChI=1S/C25H41NO4/c1-5-19-14-20-13-18(4)25(22(15-19)16-20,21-9-7-6-8-10-21)30-24(28)26-11-12-29-23(27)17(2)3/h18-22H,2,5-16H2,1,3-4H3,(H,26,28). The summed E-state index contributed by atoms with van der Waals surface area (Å²) in [6.45, 7) is 10.2. The average Bonchev–Trinajstić information content (AvgIpc) is 2.74. The molecule has 1 amide bonds. The predicted octanol–water partition coefficient (Wildman–Crippen LogP) is 5.63. The first-order valence-electron chi connectivity index (χ1n) is 12.2. The molecule has 0 aromatic rings. The summed E-state index contributed by atoms with van der Waals surface area (Å²) in [5.74, 6) is 2.46. The minimum Gasteiger partial charge on any atom is -0.460 e. The van der Waals surface area contributed by atoms with Crippen molar-refractivity contribution in [3.63, 3.8) is 0 Å². The van der Waals surface area contributed by atoms with Gasteiger partial charge in [0.2, 0.25) is 0 Å². The van der Waals surface area contributed by atoms with Crippen LogP contribution in [-0.2, 0) is 14.3 Å². The summed E-state index contributed by atoms with van der Waals surface area (Å²) in [5, 5.41) is 2.84. The van der Waals surface area contributed by atoms with E-state index in [0.29, 0.717) is 23.3 Å². The predicted molar refractivity (Wildman–Crippen MR) is 118 cm³/mol. The Kier molecular flexibility index (Phi) is 7.86. The molecular formula is C25H41NO4. The van der Waals surface area contributed by atoms with Gasteiger partial charge in [0, 0.05) is 5.57 Å². The Morgan fingerprint density at radius 3 is 2.47 bits per heavy atom. The average molecular weight is 420 g/mol. The third-order valence-corrected chi connectivity index (χ3v) is 8.04. The number of hydrogen-bond acceptors (Lipinski definition) is 4. The van der Waals surface area contributed by atoms with E-state index in [4.69, 9.17) is 9.47 Å². The second kappa shape index (κ2) is 10.2. The van der Waals surface area contributed by atoms with E-state index in [9.17, 15) is 9.59 Å². The van der Waals surface area contributed by atoms with E-state index >= 15 is 0 Å². The second-order valence-electron chi connectivity index (χ2n) is 10.1. The first-order valence-corrected chi connectivity index (χ1v) is 12.2. The molecule has 0 spiro atoms. The summed E-state index contributed by atoms with van der Waals surface area (Å²) >= 11 is 0. The molecule has 0 aromatic heterocycles. The lowest BCUT2D eigenvalue weighted by Crippen LogP contribution is -2.60. The Morgan fingerprint density at radius 1 is 1.07 bits per heavy atom. The second-order valence-corrected chi connectivity index (χ2v) is 10.1. The van der Waals surface area contributed by atoms with Gasteiger partial charge >= 0.3 is 12.1 Å². The van der Waals surface area contributed by atoms with E-state index in [1.54, 1.807) is 6.92 Å². The fraction of sp³-hybridized carbons (Fsp3) is 0.840. The van der Waals surface area contributed by atoms with Crippen LogP contribution < -0.4 is 5.32 Å². The van der Waals surface area contributed by atoms with Crippen molar-refractivity contribution in [2.45, 2.75) is 90.6 Å². The van der Waals surface area contributed by atoms with Crippen molar-refractivity contribution in [3.8, 4) is 0 Å². The number of rotatable bonds is 7. The Morgan fingerprint density at radius 2 is 1.80 bits per heavy atom. The van der Waals surface area contributed by atoms with Gasteiger partial charge in [-0.2, -0.15) is 0 Å². The molecule has 3 rings (SSSR count). The first kappa shape index (κ1) is 23.1. The molecule has 3 aliphatic rings. The van der Waals surface area contributed by atoms with Gasteiger partial charge in [-0.05, 0) is 75.0 Å². The number of carbonyl (C=O) groups is 2. The van der Waals surface area contributed by atoms with E-state index in [2.05, 4.69) is 25.7 Å². The van der Waals surface area contributed by atoms with Crippen LogP contribution in [-0.4, -0.2) is 30.8 Å². The lowest BCUT2D eigenvalue weighted by Gasteiger charge is -2.57. The smallest absolute Gasteiger partial charge is 0.407 e. The van der Waals surface area contributed by atoms with Crippen molar-refractivity contribution < 1.29 is 19.1 Å². The van der Waals surface area contributed by atoms with Crippen molar-refractivity contribution in [3.05, 3.63) is 12.2 Å². The van der Waals surface area contributed by atoms with Gasteiger partial charge in [-0.15, -0.1) is 0 Å². The third-order valence-electron chi connectivity index (χ3n) is 8.04. The summed E-state index contributed by atoms with van der Waals surface area (Å²) in [6.07, 6.45) is 11.9. The molecule has 3 saturated carbocycles. The van der Waals surface area contributed by atoms with Crippen LogP contribution in [0.15, 0.2) is 12.2 Å². The van der Waals surface area contributed by atoms with Gasteiger partial charge in [-0.3, -0.25) is 0 Å². The highest BCUT2D eigenvalue weighted by atomic mass is 16.6. The molecule has 5 nitrogen and oxygen atoms in total. The summed E-state index contributed by atoms with van der Waals surface area (Å²) in [4.78, 5) is 24.4. The van der Waals surface area contributed by atoms with E-state index in [1.165, 1.54) is 64.2 Å². The zero-order valence-electron chi connectivity index (χ0n) is 19.2. The highest BCUT2D eigenvalue weighted by Crippen LogP contribution is 2.57. The summed E-state index contributed by atoms with van der Waals surface area (Å²) in [7, 11) is 0. The molecule has 1 N–H and O–H groups in total. The number of hydrogen-bond donors (Lipinski definition) is 1. The Bertz CT molecular complexity index is 625. The van der Waals surface area contributed by atoms with Crippen LogP contribution in [0.2, 0.25) is 0 Å². The summed E-state index contributed by atoms with van der Waals surface area (Å²) in [6, 6.07) is 0. The van der Waals surface area contributed by atoms with Crippen LogP contribution in [0, 0.1) is 29.6 Å². The van der Waals surface area contributed by atoms with Crippen LogP contribution in [0.5, 0.6) is 0 Å². The molecule has 5 heteroatoms. The van der Waals surface area contributed by atoms with Crippen LogP contribution in [0.3, 0.4) is 0 Å². The Labute approximate surface area is 182 Å².